The first kappa shape index (κ1) is 12.9. The fourth-order valence-corrected chi connectivity index (χ4v) is 3.19. The van der Waals surface area contributed by atoms with Gasteiger partial charge in [-0.15, -0.1) is 0 Å². The van der Waals surface area contributed by atoms with Gasteiger partial charge in [0.1, 0.15) is 0 Å². The third-order valence-corrected chi connectivity index (χ3v) is 4.32. The van der Waals surface area contributed by atoms with Crippen LogP contribution in [-0.4, -0.2) is 6.04 Å². The van der Waals surface area contributed by atoms with Gasteiger partial charge in [-0.1, -0.05) is 49.4 Å². The molecule has 0 aliphatic heterocycles. The van der Waals surface area contributed by atoms with Gasteiger partial charge in [0.05, 0.1) is 0 Å². The Labute approximate surface area is 109 Å². The molecule has 1 aromatic carbocycles. The van der Waals surface area contributed by atoms with E-state index in [1.807, 2.05) is 12.1 Å². The second kappa shape index (κ2) is 5.88. The Morgan fingerprint density at radius 1 is 1.24 bits per heavy atom. The van der Waals surface area contributed by atoms with E-state index in [0.717, 1.165) is 17.4 Å². The van der Waals surface area contributed by atoms with Crippen LogP contribution in [0.15, 0.2) is 24.3 Å². The summed E-state index contributed by atoms with van der Waals surface area (Å²) in [5.41, 5.74) is 7.53. The van der Waals surface area contributed by atoms with Crippen LogP contribution < -0.4 is 5.73 Å². The standard InChI is InChI=1S/C15H22ClN/c1-11(17)15(13-4-2-3-5-13)10-12-6-8-14(16)9-7-12/h6-9,11,13,15H,2-5,10,17H2,1H3/t11-,15+/m0/s1. The fourth-order valence-electron chi connectivity index (χ4n) is 3.06. The van der Waals surface area contributed by atoms with Crippen LogP contribution in [0, 0.1) is 11.8 Å². The normalized spacial score (nSPS) is 20.4. The fraction of sp³-hybridized carbons (Fsp3) is 0.600. The molecule has 2 heteroatoms. The van der Waals surface area contributed by atoms with Gasteiger partial charge in [-0.05, 0) is 42.9 Å². The van der Waals surface area contributed by atoms with Crippen LogP contribution in [0.5, 0.6) is 0 Å². The van der Waals surface area contributed by atoms with Crippen molar-refractivity contribution >= 4 is 11.6 Å². The number of hydrogen-bond donors (Lipinski definition) is 1. The maximum atomic E-state index is 6.17. The summed E-state index contributed by atoms with van der Waals surface area (Å²) in [6, 6.07) is 8.50. The zero-order valence-corrected chi connectivity index (χ0v) is 11.3. The van der Waals surface area contributed by atoms with Gasteiger partial charge < -0.3 is 5.73 Å². The molecule has 0 heterocycles. The van der Waals surface area contributed by atoms with Crippen molar-refractivity contribution in [3.05, 3.63) is 34.9 Å². The molecule has 1 aromatic rings. The molecule has 1 fully saturated rings. The van der Waals surface area contributed by atoms with Crippen molar-refractivity contribution in [2.24, 2.45) is 17.6 Å². The number of benzene rings is 1. The van der Waals surface area contributed by atoms with E-state index in [-0.39, 0.29) is 6.04 Å². The molecule has 0 unspecified atom stereocenters. The first-order valence-electron chi connectivity index (χ1n) is 6.67. The molecule has 0 bridgehead atoms. The van der Waals surface area contributed by atoms with Crippen molar-refractivity contribution in [2.75, 3.05) is 0 Å². The van der Waals surface area contributed by atoms with Crippen molar-refractivity contribution in [1.29, 1.82) is 0 Å². The molecule has 2 atom stereocenters. The minimum Gasteiger partial charge on any atom is -0.328 e. The van der Waals surface area contributed by atoms with E-state index >= 15 is 0 Å². The Hall–Kier alpha value is -0.530. The smallest absolute Gasteiger partial charge is 0.0406 e. The summed E-state index contributed by atoms with van der Waals surface area (Å²) in [5, 5.41) is 0.812. The highest BCUT2D eigenvalue weighted by molar-refractivity contribution is 6.30. The Bertz CT molecular complexity index is 338. The first-order chi connectivity index (χ1) is 8.16. The number of nitrogens with two attached hydrogens (primary N) is 1. The van der Waals surface area contributed by atoms with E-state index in [1.165, 1.54) is 31.2 Å². The van der Waals surface area contributed by atoms with Crippen LogP contribution in [0.2, 0.25) is 5.02 Å². The number of rotatable bonds is 4. The Balaban J connectivity index is 2.04. The Morgan fingerprint density at radius 3 is 2.35 bits per heavy atom. The molecule has 94 valence electrons. The largest absolute Gasteiger partial charge is 0.328 e. The summed E-state index contributed by atoms with van der Waals surface area (Å²) in [7, 11) is 0. The topological polar surface area (TPSA) is 26.0 Å². The summed E-state index contributed by atoms with van der Waals surface area (Å²) in [6.07, 6.45) is 6.59. The molecule has 2 rings (SSSR count). The number of halogens is 1. The lowest BCUT2D eigenvalue weighted by Crippen LogP contribution is -2.33. The van der Waals surface area contributed by atoms with E-state index in [2.05, 4.69) is 19.1 Å². The second-order valence-electron chi connectivity index (χ2n) is 5.40. The molecule has 17 heavy (non-hydrogen) atoms. The molecule has 0 spiro atoms. The predicted molar refractivity (Wildman–Crippen MR) is 74.3 cm³/mol. The lowest BCUT2D eigenvalue weighted by molar-refractivity contribution is 0.293. The second-order valence-corrected chi connectivity index (χ2v) is 5.83. The summed E-state index contributed by atoms with van der Waals surface area (Å²) < 4.78 is 0. The highest BCUT2D eigenvalue weighted by Crippen LogP contribution is 2.34. The van der Waals surface area contributed by atoms with Gasteiger partial charge in [0.2, 0.25) is 0 Å². The lowest BCUT2D eigenvalue weighted by atomic mass is 9.81. The molecule has 0 saturated heterocycles. The third-order valence-electron chi connectivity index (χ3n) is 4.07. The SMILES string of the molecule is C[C@H](N)[C@@H](Cc1ccc(Cl)cc1)C1CCCC1. The molecule has 0 aromatic heterocycles. The molecule has 1 aliphatic rings. The maximum Gasteiger partial charge on any atom is 0.0406 e. The van der Waals surface area contributed by atoms with Gasteiger partial charge in [-0.3, -0.25) is 0 Å². The predicted octanol–water partition coefficient (Wildman–Crippen LogP) is 4.04. The summed E-state index contributed by atoms with van der Waals surface area (Å²) in [6.45, 7) is 2.15. The molecule has 2 N–H and O–H groups in total. The average Bonchev–Trinajstić information content (AvgIpc) is 2.81. The van der Waals surface area contributed by atoms with Crippen LogP contribution in [0.4, 0.5) is 0 Å². The maximum absolute atomic E-state index is 6.17. The first-order valence-corrected chi connectivity index (χ1v) is 7.04. The van der Waals surface area contributed by atoms with Crippen LogP contribution in [0.25, 0.3) is 0 Å². The minimum absolute atomic E-state index is 0.286. The molecule has 1 nitrogen and oxygen atoms in total. The van der Waals surface area contributed by atoms with E-state index in [0.29, 0.717) is 5.92 Å². The van der Waals surface area contributed by atoms with Gasteiger partial charge in [-0.2, -0.15) is 0 Å². The van der Waals surface area contributed by atoms with Crippen LogP contribution in [0.1, 0.15) is 38.2 Å². The van der Waals surface area contributed by atoms with Gasteiger partial charge in [-0.25, -0.2) is 0 Å². The van der Waals surface area contributed by atoms with Crippen molar-refractivity contribution in [2.45, 2.75) is 45.1 Å². The summed E-state index contributed by atoms with van der Waals surface area (Å²) >= 11 is 5.91. The van der Waals surface area contributed by atoms with Gasteiger partial charge in [0.15, 0.2) is 0 Å². The summed E-state index contributed by atoms with van der Waals surface area (Å²) in [4.78, 5) is 0. The van der Waals surface area contributed by atoms with Crippen molar-refractivity contribution in [1.82, 2.24) is 0 Å². The van der Waals surface area contributed by atoms with Crippen molar-refractivity contribution in [3.8, 4) is 0 Å². The van der Waals surface area contributed by atoms with Gasteiger partial charge in [0, 0.05) is 11.1 Å². The molecule has 1 saturated carbocycles. The quantitative estimate of drug-likeness (QED) is 0.859. The van der Waals surface area contributed by atoms with E-state index in [1.54, 1.807) is 0 Å². The van der Waals surface area contributed by atoms with E-state index in [9.17, 15) is 0 Å². The summed E-state index contributed by atoms with van der Waals surface area (Å²) in [5.74, 6) is 1.45. The van der Waals surface area contributed by atoms with E-state index < -0.39 is 0 Å². The lowest BCUT2D eigenvalue weighted by Gasteiger charge is -2.27. The van der Waals surface area contributed by atoms with Crippen LogP contribution in [-0.2, 0) is 6.42 Å². The molecular weight excluding hydrogens is 230 g/mol. The Kier molecular flexibility index (Phi) is 4.47. The van der Waals surface area contributed by atoms with E-state index in [4.69, 9.17) is 17.3 Å². The third kappa shape index (κ3) is 3.46. The van der Waals surface area contributed by atoms with Crippen LogP contribution >= 0.6 is 11.6 Å². The molecular formula is C15H22ClN. The average molecular weight is 252 g/mol. The Morgan fingerprint density at radius 2 is 1.82 bits per heavy atom. The molecule has 1 aliphatic carbocycles. The monoisotopic (exact) mass is 251 g/mol. The highest BCUT2D eigenvalue weighted by Gasteiger charge is 2.27. The molecule has 0 radical (unpaired) electrons. The highest BCUT2D eigenvalue weighted by atomic mass is 35.5. The molecule has 0 amide bonds. The minimum atomic E-state index is 0.286. The van der Waals surface area contributed by atoms with Gasteiger partial charge >= 0.3 is 0 Å². The zero-order valence-electron chi connectivity index (χ0n) is 10.5. The van der Waals surface area contributed by atoms with Gasteiger partial charge in [0.25, 0.3) is 0 Å². The van der Waals surface area contributed by atoms with Crippen LogP contribution in [0.3, 0.4) is 0 Å². The van der Waals surface area contributed by atoms with Crippen molar-refractivity contribution in [3.63, 3.8) is 0 Å². The zero-order chi connectivity index (χ0) is 12.3. The number of hydrogen-bond acceptors (Lipinski definition) is 1. The van der Waals surface area contributed by atoms with Crippen molar-refractivity contribution < 1.29 is 0 Å².